The number of hydrogen-bond donors (Lipinski definition) is 2. The van der Waals surface area contributed by atoms with Crippen molar-refractivity contribution in [3.05, 3.63) is 59.5 Å². The maximum Gasteiger partial charge on any atom is 0.229 e. The van der Waals surface area contributed by atoms with Crippen LogP contribution in [-0.2, 0) is 21.2 Å². The summed E-state index contributed by atoms with van der Waals surface area (Å²) in [6, 6.07) is 14.6. The van der Waals surface area contributed by atoms with E-state index >= 15 is 0 Å². The van der Waals surface area contributed by atoms with Crippen molar-refractivity contribution in [1.82, 2.24) is 4.98 Å². The molecule has 0 aliphatic heterocycles. The van der Waals surface area contributed by atoms with Gasteiger partial charge in [0.05, 0.1) is 18.6 Å². The predicted molar refractivity (Wildman–Crippen MR) is 121 cm³/mol. The van der Waals surface area contributed by atoms with E-state index in [0.29, 0.717) is 36.0 Å². The number of nitrogens with zero attached hydrogens (tertiary/aromatic N) is 1. The summed E-state index contributed by atoms with van der Waals surface area (Å²) in [7, 11) is -3.31. The second-order valence-electron chi connectivity index (χ2n) is 6.58. The number of hydrogen-bond acceptors (Lipinski definition) is 6. The summed E-state index contributed by atoms with van der Waals surface area (Å²) in [5.74, 6) is 0.688. The summed E-state index contributed by atoms with van der Waals surface area (Å²) >= 11 is 1.34. The topological polar surface area (TPSA) is 97.4 Å². The minimum absolute atomic E-state index is 0.116. The van der Waals surface area contributed by atoms with Crippen molar-refractivity contribution in [1.29, 1.82) is 0 Å². The van der Waals surface area contributed by atoms with Gasteiger partial charge in [-0.1, -0.05) is 30.3 Å². The lowest BCUT2D eigenvalue weighted by atomic mass is 10.1. The molecule has 7 nitrogen and oxygen atoms in total. The predicted octanol–water partition coefficient (Wildman–Crippen LogP) is 4.15. The van der Waals surface area contributed by atoms with Gasteiger partial charge in [0.15, 0.2) is 5.13 Å². The summed E-state index contributed by atoms with van der Waals surface area (Å²) in [5, 5.41) is 5.20. The number of nitrogens with one attached hydrogen (secondary N) is 2. The molecule has 30 heavy (non-hydrogen) atoms. The Morgan fingerprint density at radius 1 is 1.13 bits per heavy atom. The summed E-state index contributed by atoms with van der Waals surface area (Å²) in [6.45, 7) is 2.51. The van der Waals surface area contributed by atoms with Crippen molar-refractivity contribution in [2.75, 3.05) is 22.9 Å². The monoisotopic (exact) mass is 445 g/mol. The van der Waals surface area contributed by atoms with Crippen LogP contribution in [0.25, 0.3) is 11.3 Å². The van der Waals surface area contributed by atoms with Gasteiger partial charge in [-0.2, -0.15) is 0 Å². The summed E-state index contributed by atoms with van der Waals surface area (Å²) in [4.78, 5) is 16.8. The second-order valence-corrected chi connectivity index (χ2v) is 9.18. The molecule has 0 radical (unpaired) electrons. The zero-order valence-electron chi connectivity index (χ0n) is 16.7. The summed E-state index contributed by atoms with van der Waals surface area (Å²) in [6.07, 6.45) is 2.01. The van der Waals surface area contributed by atoms with E-state index in [1.54, 1.807) is 24.3 Å². The van der Waals surface area contributed by atoms with E-state index in [1.807, 2.05) is 36.6 Å². The van der Waals surface area contributed by atoms with Gasteiger partial charge in [-0.05, 0) is 37.1 Å². The Morgan fingerprint density at radius 3 is 2.57 bits per heavy atom. The van der Waals surface area contributed by atoms with Crippen LogP contribution in [0.5, 0.6) is 5.75 Å². The zero-order valence-corrected chi connectivity index (χ0v) is 18.3. The molecule has 0 aliphatic rings. The molecule has 2 aromatic carbocycles. The Balaban J connectivity index is 1.58. The van der Waals surface area contributed by atoms with Crippen LogP contribution >= 0.6 is 11.3 Å². The van der Waals surface area contributed by atoms with Crippen molar-refractivity contribution in [2.45, 2.75) is 19.8 Å². The smallest absolute Gasteiger partial charge is 0.229 e. The van der Waals surface area contributed by atoms with Gasteiger partial charge in [0.25, 0.3) is 0 Å². The van der Waals surface area contributed by atoms with Gasteiger partial charge in [0.1, 0.15) is 5.75 Å². The average molecular weight is 446 g/mol. The maximum absolute atomic E-state index is 12.3. The first-order chi connectivity index (χ1) is 14.3. The molecule has 0 saturated carbocycles. The first-order valence-electron chi connectivity index (χ1n) is 9.38. The minimum atomic E-state index is -3.31. The van der Waals surface area contributed by atoms with Crippen molar-refractivity contribution < 1.29 is 17.9 Å². The van der Waals surface area contributed by atoms with Crippen LogP contribution in [0, 0.1) is 0 Å². The average Bonchev–Trinajstić information content (AvgIpc) is 3.15. The molecule has 1 heterocycles. The fourth-order valence-electron chi connectivity index (χ4n) is 2.82. The van der Waals surface area contributed by atoms with Crippen LogP contribution in [-0.4, -0.2) is 32.2 Å². The molecule has 1 amide bonds. The molecule has 3 aromatic rings. The highest BCUT2D eigenvalue weighted by Crippen LogP contribution is 2.26. The number of amides is 1. The minimum Gasteiger partial charge on any atom is -0.494 e. The number of aryl methyl sites for hydroxylation is 1. The lowest BCUT2D eigenvalue weighted by molar-refractivity contribution is -0.116. The Bertz CT molecular complexity index is 1110. The van der Waals surface area contributed by atoms with Crippen molar-refractivity contribution in [2.24, 2.45) is 0 Å². The van der Waals surface area contributed by atoms with E-state index in [4.69, 9.17) is 4.74 Å². The molecule has 158 valence electrons. The summed E-state index contributed by atoms with van der Waals surface area (Å²) in [5.41, 5.74) is 3.02. The molecule has 1 aromatic heterocycles. The van der Waals surface area contributed by atoms with Gasteiger partial charge in [0, 0.05) is 23.1 Å². The van der Waals surface area contributed by atoms with Gasteiger partial charge in [-0.15, -0.1) is 11.3 Å². The molecule has 0 unspecified atom stereocenters. The van der Waals surface area contributed by atoms with Crippen LogP contribution in [0.15, 0.2) is 53.9 Å². The number of anilines is 2. The highest BCUT2D eigenvalue weighted by atomic mass is 32.2. The van der Waals surface area contributed by atoms with Crippen molar-refractivity contribution in [3.8, 4) is 17.0 Å². The van der Waals surface area contributed by atoms with E-state index in [2.05, 4.69) is 15.0 Å². The van der Waals surface area contributed by atoms with Gasteiger partial charge in [0.2, 0.25) is 15.9 Å². The SMILES string of the molecule is CCOc1ccccc1CCC(=O)Nc1nc(-c2ccc(NS(C)(=O)=O)cc2)cs1. The van der Waals surface area contributed by atoms with E-state index in [0.717, 1.165) is 23.1 Å². The molecule has 0 saturated heterocycles. The Hall–Kier alpha value is -2.91. The number of aromatic nitrogens is 1. The van der Waals surface area contributed by atoms with E-state index in [-0.39, 0.29) is 5.91 Å². The van der Waals surface area contributed by atoms with E-state index < -0.39 is 10.0 Å². The number of carbonyl (C=O) groups excluding carboxylic acids is 1. The van der Waals surface area contributed by atoms with Crippen LogP contribution in [0.1, 0.15) is 18.9 Å². The van der Waals surface area contributed by atoms with Gasteiger partial charge in [-0.25, -0.2) is 13.4 Å². The zero-order chi connectivity index (χ0) is 21.6. The lowest BCUT2D eigenvalue weighted by Crippen LogP contribution is -2.12. The Morgan fingerprint density at radius 2 is 1.87 bits per heavy atom. The molecule has 0 atom stereocenters. The lowest BCUT2D eigenvalue weighted by Gasteiger charge is -2.09. The van der Waals surface area contributed by atoms with Crippen LogP contribution in [0.4, 0.5) is 10.8 Å². The molecule has 9 heteroatoms. The number of benzene rings is 2. The van der Waals surface area contributed by atoms with Gasteiger partial charge in [-0.3, -0.25) is 9.52 Å². The standard InChI is InChI=1S/C21H23N3O4S2/c1-3-28-19-7-5-4-6-16(19)10-13-20(25)23-21-22-18(14-29-21)15-8-11-17(12-9-15)24-30(2,26)27/h4-9,11-12,14,24H,3,10,13H2,1-2H3,(H,22,23,25). The van der Waals surface area contributed by atoms with Crippen molar-refractivity contribution >= 4 is 38.1 Å². The normalized spacial score (nSPS) is 11.1. The second kappa shape index (κ2) is 9.73. The maximum atomic E-state index is 12.3. The highest BCUT2D eigenvalue weighted by molar-refractivity contribution is 7.92. The molecular formula is C21H23N3O4S2. The molecule has 0 aliphatic carbocycles. The van der Waals surface area contributed by atoms with Crippen LogP contribution in [0.3, 0.4) is 0 Å². The van der Waals surface area contributed by atoms with Crippen LogP contribution < -0.4 is 14.8 Å². The fourth-order valence-corrected chi connectivity index (χ4v) is 4.12. The number of carbonyl (C=O) groups is 1. The first-order valence-corrected chi connectivity index (χ1v) is 12.2. The Labute approximate surface area is 180 Å². The highest BCUT2D eigenvalue weighted by Gasteiger charge is 2.11. The quantitative estimate of drug-likeness (QED) is 0.516. The number of para-hydroxylation sites is 1. The van der Waals surface area contributed by atoms with Gasteiger partial charge < -0.3 is 10.1 Å². The Kier molecular flexibility index (Phi) is 7.07. The molecule has 0 fully saturated rings. The number of sulfonamides is 1. The number of thiazole rings is 1. The third kappa shape index (κ3) is 6.30. The van der Waals surface area contributed by atoms with E-state index in [9.17, 15) is 13.2 Å². The van der Waals surface area contributed by atoms with Gasteiger partial charge >= 0.3 is 0 Å². The first kappa shape index (κ1) is 21.8. The largest absolute Gasteiger partial charge is 0.494 e. The fraction of sp³-hybridized carbons (Fsp3) is 0.238. The molecule has 2 N–H and O–H groups in total. The number of ether oxygens (including phenoxy) is 1. The van der Waals surface area contributed by atoms with E-state index in [1.165, 1.54) is 11.3 Å². The third-order valence-electron chi connectivity index (χ3n) is 4.13. The number of rotatable bonds is 9. The van der Waals surface area contributed by atoms with Crippen LogP contribution in [0.2, 0.25) is 0 Å². The molecule has 0 bridgehead atoms. The third-order valence-corrected chi connectivity index (χ3v) is 5.49. The molecule has 3 rings (SSSR count). The van der Waals surface area contributed by atoms with Crippen molar-refractivity contribution in [3.63, 3.8) is 0 Å². The molecular weight excluding hydrogens is 422 g/mol. The molecule has 0 spiro atoms. The summed E-state index contributed by atoms with van der Waals surface area (Å²) < 4.78 is 30.6.